The Morgan fingerprint density at radius 1 is 1.04 bits per heavy atom. The zero-order valence-corrected chi connectivity index (χ0v) is 13.3. The summed E-state index contributed by atoms with van der Waals surface area (Å²) in [5.74, 6) is -0.0269. The molecule has 116 valence electrons. The molecule has 23 heavy (non-hydrogen) atoms. The van der Waals surface area contributed by atoms with Crippen LogP contribution in [-0.4, -0.2) is 37.0 Å². The van der Waals surface area contributed by atoms with Gasteiger partial charge in [-0.05, 0) is 30.3 Å². The number of nitriles is 1. The molecule has 0 N–H and O–H groups in total. The van der Waals surface area contributed by atoms with Crippen LogP contribution in [0.5, 0.6) is 0 Å². The number of hydrogen-bond donors (Lipinski definition) is 0. The number of carbonyl (C=O) groups is 1. The first kappa shape index (κ1) is 15.4. The van der Waals surface area contributed by atoms with Gasteiger partial charge in [0.1, 0.15) is 0 Å². The topological polar surface area (TPSA) is 47.3 Å². The van der Waals surface area contributed by atoms with Crippen molar-refractivity contribution in [3.63, 3.8) is 0 Å². The molecule has 0 unspecified atom stereocenters. The lowest BCUT2D eigenvalue weighted by atomic mass is 10.1. The van der Waals surface area contributed by atoms with Gasteiger partial charge in [0.15, 0.2) is 0 Å². The fourth-order valence-corrected chi connectivity index (χ4v) is 3.02. The quantitative estimate of drug-likeness (QED) is 0.852. The smallest absolute Gasteiger partial charge is 0.254 e. The first-order chi connectivity index (χ1) is 11.2. The molecule has 1 fully saturated rings. The van der Waals surface area contributed by atoms with E-state index in [0.29, 0.717) is 24.2 Å². The molecule has 0 atom stereocenters. The number of para-hydroxylation sites is 1. The number of piperazine rings is 1. The standard InChI is InChI=1S/C18H16ClN3O/c19-16-6-1-2-7-17(16)21-8-10-22(11-9-21)18(23)15-5-3-4-14(12-15)13-20/h1-7,12H,8-11H2. The highest BCUT2D eigenvalue weighted by Gasteiger charge is 2.23. The van der Waals surface area contributed by atoms with Crippen LogP contribution < -0.4 is 4.90 Å². The number of halogens is 1. The van der Waals surface area contributed by atoms with Crippen molar-refractivity contribution in [3.8, 4) is 6.07 Å². The van der Waals surface area contributed by atoms with Gasteiger partial charge in [0.2, 0.25) is 0 Å². The molecule has 1 aliphatic heterocycles. The van der Waals surface area contributed by atoms with Crippen LogP contribution in [-0.2, 0) is 0 Å². The van der Waals surface area contributed by atoms with Gasteiger partial charge in [-0.15, -0.1) is 0 Å². The second kappa shape index (κ2) is 6.72. The molecule has 0 saturated carbocycles. The highest BCUT2D eigenvalue weighted by molar-refractivity contribution is 6.33. The monoisotopic (exact) mass is 325 g/mol. The Labute approximate surface area is 140 Å². The lowest BCUT2D eigenvalue weighted by molar-refractivity contribution is 0.0747. The minimum atomic E-state index is -0.0269. The van der Waals surface area contributed by atoms with Crippen molar-refractivity contribution < 1.29 is 4.79 Å². The number of rotatable bonds is 2. The number of benzene rings is 2. The van der Waals surface area contributed by atoms with Crippen LogP contribution in [0.2, 0.25) is 5.02 Å². The van der Waals surface area contributed by atoms with Crippen molar-refractivity contribution in [1.82, 2.24) is 4.90 Å². The fourth-order valence-electron chi connectivity index (χ4n) is 2.76. The molecule has 1 heterocycles. The molecule has 2 aromatic rings. The Morgan fingerprint density at radius 2 is 1.78 bits per heavy atom. The Kier molecular flexibility index (Phi) is 4.50. The summed E-state index contributed by atoms with van der Waals surface area (Å²) in [5.41, 5.74) is 2.08. The van der Waals surface area contributed by atoms with E-state index in [4.69, 9.17) is 16.9 Å². The highest BCUT2D eigenvalue weighted by Crippen LogP contribution is 2.26. The average molecular weight is 326 g/mol. The number of carbonyl (C=O) groups excluding carboxylic acids is 1. The molecule has 5 heteroatoms. The number of amides is 1. The number of hydrogen-bond acceptors (Lipinski definition) is 3. The van der Waals surface area contributed by atoms with E-state index in [0.717, 1.165) is 23.8 Å². The summed E-state index contributed by atoms with van der Waals surface area (Å²) < 4.78 is 0. The molecule has 2 aromatic carbocycles. The molecule has 1 aliphatic rings. The van der Waals surface area contributed by atoms with E-state index in [1.54, 1.807) is 24.3 Å². The van der Waals surface area contributed by atoms with Gasteiger partial charge in [0, 0.05) is 31.7 Å². The van der Waals surface area contributed by atoms with Gasteiger partial charge < -0.3 is 9.80 Å². The number of nitrogens with zero attached hydrogens (tertiary/aromatic N) is 3. The molecular weight excluding hydrogens is 310 g/mol. The van der Waals surface area contributed by atoms with Crippen LogP contribution >= 0.6 is 11.6 Å². The van der Waals surface area contributed by atoms with Gasteiger partial charge in [0.25, 0.3) is 5.91 Å². The van der Waals surface area contributed by atoms with Crippen LogP contribution in [0.15, 0.2) is 48.5 Å². The van der Waals surface area contributed by atoms with E-state index in [1.165, 1.54) is 0 Å². The summed E-state index contributed by atoms with van der Waals surface area (Å²) in [5, 5.41) is 9.68. The SMILES string of the molecule is N#Cc1cccc(C(=O)N2CCN(c3ccccc3Cl)CC2)c1. The minimum absolute atomic E-state index is 0.0269. The van der Waals surface area contributed by atoms with E-state index < -0.39 is 0 Å². The van der Waals surface area contributed by atoms with Gasteiger partial charge >= 0.3 is 0 Å². The van der Waals surface area contributed by atoms with Crippen molar-refractivity contribution in [3.05, 3.63) is 64.7 Å². The van der Waals surface area contributed by atoms with E-state index in [-0.39, 0.29) is 5.91 Å². The first-order valence-corrected chi connectivity index (χ1v) is 7.86. The van der Waals surface area contributed by atoms with Crippen molar-refractivity contribution in [2.75, 3.05) is 31.1 Å². The maximum absolute atomic E-state index is 12.5. The highest BCUT2D eigenvalue weighted by atomic mass is 35.5. The third-order valence-electron chi connectivity index (χ3n) is 4.00. The van der Waals surface area contributed by atoms with Gasteiger partial charge in [-0.3, -0.25) is 4.79 Å². The summed E-state index contributed by atoms with van der Waals surface area (Å²) in [6.07, 6.45) is 0. The zero-order chi connectivity index (χ0) is 16.2. The largest absolute Gasteiger partial charge is 0.367 e. The Hall–Kier alpha value is -2.51. The molecule has 0 spiro atoms. The van der Waals surface area contributed by atoms with Crippen molar-refractivity contribution in [2.45, 2.75) is 0 Å². The van der Waals surface area contributed by atoms with Gasteiger partial charge in [-0.1, -0.05) is 29.8 Å². The molecule has 4 nitrogen and oxygen atoms in total. The molecule has 1 saturated heterocycles. The van der Waals surface area contributed by atoms with E-state index in [1.807, 2.05) is 29.2 Å². The third-order valence-corrected chi connectivity index (χ3v) is 4.32. The predicted molar refractivity (Wildman–Crippen MR) is 90.7 cm³/mol. The number of anilines is 1. The molecule has 0 radical (unpaired) electrons. The molecule has 3 rings (SSSR count). The van der Waals surface area contributed by atoms with Crippen molar-refractivity contribution >= 4 is 23.2 Å². The van der Waals surface area contributed by atoms with E-state index in [2.05, 4.69) is 11.0 Å². The summed E-state index contributed by atoms with van der Waals surface area (Å²) >= 11 is 6.23. The molecule has 1 amide bonds. The Bertz CT molecular complexity index is 761. The van der Waals surface area contributed by atoms with Gasteiger partial charge in [-0.25, -0.2) is 0 Å². The lowest BCUT2D eigenvalue weighted by Gasteiger charge is -2.36. The van der Waals surface area contributed by atoms with E-state index >= 15 is 0 Å². The predicted octanol–water partition coefficient (Wildman–Crippen LogP) is 3.17. The van der Waals surface area contributed by atoms with Crippen molar-refractivity contribution in [1.29, 1.82) is 5.26 Å². The molecular formula is C18H16ClN3O. The summed E-state index contributed by atoms with van der Waals surface area (Å²) in [6.45, 7) is 2.77. The maximum atomic E-state index is 12.5. The fraction of sp³-hybridized carbons (Fsp3) is 0.222. The van der Waals surface area contributed by atoms with Gasteiger partial charge in [0.05, 0.1) is 22.3 Å². The second-order valence-electron chi connectivity index (χ2n) is 5.42. The Morgan fingerprint density at radius 3 is 2.48 bits per heavy atom. The van der Waals surface area contributed by atoms with Crippen LogP contribution in [0, 0.1) is 11.3 Å². The summed E-state index contributed by atoms with van der Waals surface area (Å²) in [4.78, 5) is 16.6. The van der Waals surface area contributed by atoms with Crippen LogP contribution in [0.3, 0.4) is 0 Å². The van der Waals surface area contributed by atoms with Crippen LogP contribution in [0.1, 0.15) is 15.9 Å². The molecule has 0 aliphatic carbocycles. The maximum Gasteiger partial charge on any atom is 0.254 e. The molecule has 0 bridgehead atoms. The average Bonchev–Trinajstić information content (AvgIpc) is 2.62. The van der Waals surface area contributed by atoms with Crippen LogP contribution in [0.25, 0.3) is 0 Å². The summed E-state index contributed by atoms with van der Waals surface area (Å²) in [6, 6.07) is 16.7. The van der Waals surface area contributed by atoms with E-state index in [9.17, 15) is 4.79 Å². The van der Waals surface area contributed by atoms with Gasteiger partial charge in [-0.2, -0.15) is 5.26 Å². The summed E-state index contributed by atoms with van der Waals surface area (Å²) in [7, 11) is 0. The molecule has 0 aromatic heterocycles. The van der Waals surface area contributed by atoms with Crippen molar-refractivity contribution in [2.24, 2.45) is 0 Å². The normalized spacial score (nSPS) is 14.4. The minimum Gasteiger partial charge on any atom is -0.367 e. The first-order valence-electron chi connectivity index (χ1n) is 7.48. The third kappa shape index (κ3) is 3.30. The second-order valence-corrected chi connectivity index (χ2v) is 5.83. The zero-order valence-electron chi connectivity index (χ0n) is 12.6. The van der Waals surface area contributed by atoms with Crippen LogP contribution in [0.4, 0.5) is 5.69 Å². The lowest BCUT2D eigenvalue weighted by Crippen LogP contribution is -2.48. The Balaban J connectivity index is 1.68.